The second-order valence-corrected chi connectivity index (χ2v) is 6.67. The van der Waals surface area contributed by atoms with Gasteiger partial charge in [-0.25, -0.2) is 4.79 Å². The Balaban J connectivity index is 1.63. The van der Waals surface area contributed by atoms with Gasteiger partial charge in [0, 0.05) is 6.07 Å². The number of hydrogen-bond acceptors (Lipinski definition) is 4. The lowest BCUT2D eigenvalue weighted by Gasteiger charge is -2.07. The van der Waals surface area contributed by atoms with Gasteiger partial charge in [0.2, 0.25) is 5.78 Å². The summed E-state index contributed by atoms with van der Waals surface area (Å²) in [6, 6.07) is 19.8. The van der Waals surface area contributed by atoms with Crippen LogP contribution in [0.25, 0.3) is 6.08 Å². The fourth-order valence-corrected chi connectivity index (χ4v) is 3.17. The van der Waals surface area contributed by atoms with Crippen LogP contribution >= 0.6 is 0 Å². The molecule has 0 radical (unpaired) electrons. The molecule has 1 aliphatic heterocycles. The predicted molar refractivity (Wildman–Crippen MR) is 107 cm³/mol. The third kappa shape index (κ3) is 3.32. The van der Waals surface area contributed by atoms with Crippen LogP contribution in [0.4, 0.5) is 0 Å². The Morgan fingerprint density at radius 2 is 1.64 bits per heavy atom. The highest BCUT2D eigenvalue weighted by atomic mass is 16.5. The number of Topliss-reactive ketones (excluding diaryl/α,β-unsaturated/α-hetero) is 1. The number of carbonyl (C=O) groups excluding carboxylic acids is 2. The van der Waals surface area contributed by atoms with Gasteiger partial charge in [-0.3, -0.25) is 4.79 Å². The van der Waals surface area contributed by atoms with E-state index in [2.05, 4.69) is 0 Å². The van der Waals surface area contributed by atoms with Crippen LogP contribution in [-0.4, -0.2) is 11.8 Å². The van der Waals surface area contributed by atoms with Crippen molar-refractivity contribution in [1.29, 1.82) is 0 Å². The number of benzene rings is 3. The van der Waals surface area contributed by atoms with Crippen LogP contribution in [0.5, 0.6) is 11.5 Å². The van der Waals surface area contributed by atoms with Gasteiger partial charge < -0.3 is 9.47 Å². The Morgan fingerprint density at radius 3 is 2.39 bits per heavy atom. The van der Waals surface area contributed by atoms with Crippen molar-refractivity contribution in [3.05, 3.63) is 100 Å². The molecule has 4 rings (SSSR count). The van der Waals surface area contributed by atoms with Crippen LogP contribution in [0.2, 0.25) is 0 Å². The lowest BCUT2D eigenvalue weighted by molar-refractivity contribution is 0.0734. The number of ether oxygens (including phenoxy) is 2. The molecule has 0 aliphatic carbocycles. The topological polar surface area (TPSA) is 52.6 Å². The molecule has 4 heteroatoms. The van der Waals surface area contributed by atoms with Crippen molar-refractivity contribution in [2.24, 2.45) is 0 Å². The van der Waals surface area contributed by atoms with E-state index in [1.54, 1.807) is 49.4 Å². The van der Waals surface area contributed by atoms with E-state index in [0.717, 1.165) is 11.1 Å². The van der Waals surface area contributed by atoms with E-state index in [9.17, 15) is 9.59 Å². The number of fused-ring (bicyclic) bond motifs is 1. The molecule has 1 heterocycles. The number of esters is 1. The van der Waals surface area contributed by atoms with Gasteiger partial charge >= 0.3 is 5.97 Å². The van der Waals surface area contributed by atoms with Crippen LogP contribution in [0, 0.1) is 13.8 Å². The van der Waals surface area contributed by atoms with E-state index >= 15 is 0 Å². The third-order valence-corrected chi connectivity index (χ3v) is 4.64. The first-order valence-corrected chi connectivity index (χ1v) is 8.94. The van der Waals surface area contributed by atoms with E-state index in [-0.39, 0.29) is 11.5 Å². The van der Waals surface area contributed by atoms with Crippen molar-refractivity contribution in [2.45, 2.75) is 13.8 Å². The smallest absolute Gasteiger partial charge is 0.343 e. The Hall–Kier alpha value is -3.66. The zero-order valence-electron chi connectivity index (χ0n) is 15.6. The van der Waals surface area contributed by atoms with Gasteiger partial charge in [-0.1, -0.05) is 42.5 Å². The van der Waals surface area contributed by atoms with Crippen molar-refractivity contribution in [3.63, 3.8) is 0 Å². The average molecular weight is 370 g/mol. The number of rotatable bonds is 3. The number of carbonyl (C=O) groups is 2. The molecular weight excluding hydrogens is 352 g/mol. The maximum absolute atomic E-state index is 12.8. The summed E-state index contributed by atoms with van der Waals surface area (Å²) in [4.78, 5) is 25.1. The van der Waals surface area contributed by atoms with E-state index in [4.69, 9.17) is 9.47 Å². The molecule has 0 N–H and O–H groups in total. The highest BCUT2D eigenvalue weighted by Gasteiger charge is 2.30. The van der Waals surface area contributed by atoms with Gasteiger partial charge in [0.15, 0.2) is 5.76 Å². The summed E-state index contributed by atoms with van der Waals surface area (Å²) in [6.07, 6.45) is 1.74. The highest BCUT2D eigenvalue weighted by Crippen LogP contribution is 2.37. The summed E-state index contributed by atoms with van der Waals surface area (Å²) in [5, 5.41) is 0. The first-order chi connectivity index (χ1) is 13.5. The van der Waals surface area contributed by atoms with Crippen LogP contribution in [0.3, 0.4) is 0 Å². The minimum Gasteiger partial charge on any atom is -0.452 e. The molecule has 1 aliphatic rings. The van der Waals surface area contributed by atoms with Crippen LogP contribution < -0.4 is 9.47 Å². The zero-order valence-corrected chi connectivity index (χ0v) is 15.6. The van der Waals surface area contributed by atoms with Crippen molar-refractivity contribution in [2.75, 3.05) is 0 Å². The summed E-state index contributed by atoms with van der Waals surface area (Å²) in [6.45, 7) is 3.78. The Morgan fingerprint density at radius 1 is 0.929 bits per heavy atom. The Bertz CT molecular complexity index is 1110. The van der Waals surface area contributed by atoms with Crippen molar-refractivity contribution >= 4 is 17.8 Å². The lowest BCUT2D eigenvalue weighted by Crippen LogP contribution is -2.08. The number of hydrogen-bond donors (Lipinski definition) is 0. The molecule has 28 heavy (non-hydrogen) atoms. The van der Waals surface area contributed by atoms with Crippen LogP contribution in [-0.2, 0) is 0 Å². The Kier molecular flexibility index (Phi) is 4.53. The van der Waals surface area contributed by atoms with Crippen LogP contribution in [0.15, 0.2) is 72.5 Å². The van der Waals surface area contributed by atoms with Gasteiger partial charge in [0.25, 0.3) is 0 Å². The summed E-state index contributed by atoms with van der Waals surface area (Å²) in [5.74, 6) is 0.381. The molecule has 0 fully saturated rings. The SMILES string of the molecule is Cc1ccccc1/C=C1\Oc2cc(OC(=O)c3ccccc3)cc(C)c2C1=O. The minimum absolute atomic E-state index is 0.170. The highest BCUT2D eigenvalue weighted by molar-refractivity contribution is 6.15. The molecule has 3 aromatic carbocycles. The molecule has 0 unspecified atom stereocenters. The molecular formula is C24H18O4. The standard InChI is InChI=1S/C24H18O4/c1-15-8-6-7-11-18(15)13-21-23(25)22-16(2)12-19(14-20(22)28-21)27-24(26)17-9-4-3-5-10-17/h3-14H,1-2H3/b21-13-. The van der Waals surface area contributed by atoms with Crippen molar-refractivity contribution in [3.8, 4) is 11.5 Å². The second-order valence-electron chi connectivity index (χ2n) is 6.67. The predicted octanol–water partition coefficient (Wildman–Crippen LogP) is 5.14. The molecule has 0 saturated carbocycles. The molecule has 0 amide bonds. The van der Waals surface area contributed by atoms with Crippen molar-refractivity contribution < 1.29 is 19.1 Å². The molecule has 138 valence electrons. The van der Waals surface area contributed by atoms with Crippen LogP contribution in [0.1, 0.15) is 37.4 Å². The number of aryl methyl sites for hydroxylation is 2. The van der Waals surface area contributed by atoms with E-state index in [1.165, 1.54) is 0 Å². The fourth-order valence-electron chi connectivity index (χ4n) is 3.17. The van der Waals surface area contributed by atoms with Gasteiger partial charge in [-0.05, 0) is 54.8 Å². The average Bonchev–Trinajstić information content (AvgIpc) is 3.00. The monoisotopic (exact) mass is 370 g/mol. The maximum atomic E-state index is 12.8. The van der Waals surface area contributed by atoms with Crippen molar-refractivity contribution in [1.82, 2.24) is 0 Å². The maximum Gasteiger partial charge on any atom is 0.343 e. The number of allylic oxidation sites excluding steroid dienone is 1. The largest absolute Gasteiger partial charge is 0.452 e. The van der Waals surface area contributed by atoms with E-state index in [1.807, 2.05) is 37.3 Å². The van der Waals surface area contributed by atoms with Gasteiger partial charge in [0.05, 0.1) is 11.1 Å². The minimum atomic E-state index is -0.458. The van der Waals surface area contributed by atoms with Gasteiger partial charge in [-0.2, -0.15) is 0 Å². The molecule has 0 atom stereocenters. The number of ketones is 1. The summed E-state index contributed by atoms with van der Waals surface area (Å²) >= 11 is 0. The quantitative estimate of drug-likeness (QED) is 0.364. The lowest BCUT2D eigenvalue weighted by atomic mass is 10.0. The molecule has 0 bridgehead atoms. The molecule has 3 aromatic rings. The van der Waals surface area contributed by atoms with Gasteiger partial charge in [0.1, 0.15) is 11.5 Å². The second kappa shape index (κ2) is 7.16. The first kappa shape index (κ1) is 17.7. The summed E-state index contributed by atoms with van der Waals surface area (Å²) in [7, 11) is 0. The first-order valence-electron chi connectivity index (χ1n) is 8.94. The molecule has 0 saturated heterocycles. The van der Waals surface area contributed by atoms with E-state index in [0.29, 0.717) is 28.2 Å². The summed E-state index contributed by atoms with van der Waals surface area (Å²) in [5.41, 5.74) is 3.63. The molecule has 4 nitrogen and oxygen atoms in total. The Labute approximate surface area is 163 Å². The third-order valence-electron chi connectivity index (χ3n) is 4.64. The molecule has 0 aromatic heterocycles. The fraction of sp³-hybridized carbons (Fsp3) is 0.0833. The normalized spacial score (nSPS) is 13.9. The zero-order chi connectivity index (χ0) is 19.7. The van der Waals surface area contributed by atoms with E-state index < -0.39 is 5.97 Å². The van der Waals surface area contributed by atoms with Gasteiger partial charge in [-0.15, -0.1) is 0 Å². The summed E-state index contributed by atoms with van der Waals surface area (Å²) < 4.78 is 11.3. The molecule has 0 spiro atoms.